The normalized spacial score (nSPS) is 14.9. The molecule has 1 aromatic carbocycles. The Balaban J connectivity index is 2.41. The van der Waals surface area contributed by atoms with Gasteiger partial charge in [-0.1, -0.05) is 13.8 Å². The zero-order valence-corrected chi connectivity index (χ0v) is 9.35. The highest BCUT2D eigenvalue weighted by molar-refractivity contribution is 5.42. The third-order valence-corrected chi connectivity index (χ3v) is 2.77. The van der Waals surface area contributed by atoms with Crippen LogP contribution in [0.5, 0.6) is 5.75 Å². The monoisotopic (exact) mass is 208 g/mol. The van der Waals surface area contributed by atoms with Crippen LogP contribution in [-0.4, -0.2) is 6.61 Å². The third-order valence-electron chi connectivity index (χ3n) is 2.77. The van der Waals surface area contributed by atoms with E-state index in [9.17, 15) is 4.39 Å². The van der Waals surface area contributed by atoms with Crippen molar-refractivity contribution in [2.24, 2.45) is 5.92 Å². The summed E-state index contributed by atoms with van der Waals surface area (Å²) in [5, 5.41) is 0. The highest BCUT2D eigenvalue weighted by Crippen LogP contribution is 2.31. The van der Waals surface area contributed by atoms with Gasteiger partial charge < -0.3 is 4.74 Å². The summed E-state index contributed by atoms with van der Waals surface area (Å²) >= 11 is 0. The molecule has 0 N–H and O–H groups in total. The average Bonchev–Trinajstić information content (AvgIpc) is 2.22. The van der Waals surface area contributed by atoms with Crippen molar-refractivity contribution in [3.8, 4) is 5.75 Å². The Morgan fingerprint density at radius 1 is 1.40 bits per heavy atom. The van der Waals surface area contributed by atoms with Crippen LogP contribution >= 0.6 is 0 Å². The van der Waals surface area contributed by atoms with Crippen LogP contribution in [0.25, 0.3) is 0 Å². The Hall–Kier alpha value is -1.05. The lowest BCUT2D eigenvalue weighted by molar-refractivity contribution is 0.286. The molecule has 0 saturated heterocycles. The third kappa shape index (κ3) is 2.14. The summed E-state index contributed by atoms with van der Waals surface area (Å²) in [4.78, 5) is 0. The fraction of sp³-hybridized carbons (Fsp3) is 0.538. The predicted octanol–water partition coefficient (Wildman–Crippen LogP) is 3.35. The molecule has 1 nitrogen and oxygen atoms in total. The minimum absolute atomic E-state index is 0.0760. The number of hydrogen-bond acceptors (Lipinski definition) is 1. The second-order valence-electron chi connectivity index (χ2n) is 4.55. The Kier molecular flexibility index (Phi) is 2.94. The van der Waals surface area contributed by atoms with E-state index >= 15 is 0 Å². The van der Waals surface area contributed by atoms with Crippen molar-refractivity contribution in [2.45, 2.75) is 33.1 Å². The van der Waals surface area contributed by atoms with Crippen molar-refractivity contribution in [2.75, 3.05) is 6.61 Å². The van der Waals surface area contributed by atoms with Gasteiger partial charge in [0.2, 0.25) is 0 Å². The molecule has 2 rings (SSSR count). The molecule has 0 unspecified atom stereocenters. The Morgan fingerprint density at radius 3 is 2.93 bits per heavy atom. The van der Waals surface area contributed by atoms with E-state index in [1.54, 1.807) is 6.07 Å². The van der Waals surface area contributed by atoms with Gasteiger partial charge in [0.25, 0.3) is 0 Å². The van der Waals surface area contributed by atoms with Gasteiger partial charge in [0.15, 0.2) is 0 Å². The summed E-state index contributed by atoms with van der Waals surface area (Å²) in [6, 6.07) is 3.29. The molecule has 0 bridgehead atoms. The first-order valence-corrected chi connectivity index (χ1v) is 5.61. The molecule has 0 atom stereocenters. The van der Waals surface area contributed by atoms with E-state index in [0.29, 0.717) is 5.92 Å². The van der Waals surface area contributed by atoms with Gasteiger partial charge in [-0.15, -0.1) is 0 Å². The minimum atomic E-state index is -0.0760. The van der Waals surface area contributed by atoms with Crippen molar-refractivity contribution in [3.05, 3.63) is 29.1 Å². The van der Waals surface area contributed by atoms with Crippen LogP contribution in [0, 0.1) is 11.7 Å². The Morgan fingerprint density at radius 2 is 2.20 bits per heavy atom. The van der Waals surface area contributed by atoms with E-state index < -0.39 is 0 Å². The predicted molar refractivity (Wildman–Crippen MR) is 58.8 cm³/mol. The van der Waals surface area contributed by atoms with E-state index in [4.69, 9.17) is 4.74 Å². The average molecular weight is 208 g/mol. The number of halogens is 1. The summed E-state index contributed by atoms with van der Waals surface area (Å²) in [5.74, 6) is 1.29. The van der Waals surface area contributed by atoms with Gasteiger partial charge in [-0.25, -0.2) is 4.39 Å². The Bertz CT molecular complexity index is 358. The lowest BCUT2D eigenvalue weighted by Crippen LogP contribution is -2.13. The highest BCUT2D eigenvalue weighted by Gasteiger charge is 2.18. The summed E-state index contributed by atoms with van der Waals surface area (Å²) in [7, 11) is 0. The molecule has 0 radical (unpaired) electrons. The quantitative estimate of drug-likeness (QED) is 0.724. The molecule has 1 aromatic rings. The molecule has 1 aliphatic heterocycles. The number of hydrogen-bond donors (Lipinski definition) is 0. The van der Waals surface area contributed by atoms with Gasteiger partial charge in [0.05, 0.1) is 6.61 Å². The van der Waals surface area contributed by atoms with Crippen LogP contribution < -0.4 is 4.74 Å². The molecule has 82 valence electrons. The summed E-state index contributed by atoms with van der Waals surface area (Å²) in [5.41, 5.74) is 1.96. The largest absolute Gasteiger partial charge is 0.493 e. The number of fused-ring (bicyclic) bond motifs is 1. The van der Waals surface area contributed by atoms with Crippen molar-refractivity contribution >= 4 is 0 Å². The fourth-order valence-corrected chi connectivity index (χ4v) is 2.11. The van der Waals surface area contributed by atoms with Crippen LogP contribution in [0.4, 0.5) is 4.39 Å². The maximum Gasteiger partial charge on any atom is 0.126 e. The number of benzene rings is 1. The van der Waals surface area contributed by atoms with E-state index in [2.05, 4.69) is 13.8 Å². The molecule has 1 aliphatic rings. The summed E-state index contributed by atoms with van der Waals surface area (Å²) in [6.07, 6.45) is 2.76. The van der Waals surface area contributed by atoms with Gasteiger partial charge in [-0.3, -0.25) is 0 Å². The molecule has 2 heteroatoms. The molecule has 1 heterocycles. The molecule has 0 fully saturated rings. The molecular formula is C13H17FO. The summed E-state index contributed by atoms with van der Waals surface area (Å²) < 4.78 is 19.2. The van der Waals surface area contributed by atoms with Gasteiger partial charge in [0, 0.05) is 5.56 Å². The van der Waals surface area contributed by atoms with Crippen molar-refractivity contribution in [1.82, 2.24) is 0 Å². The van der Waals surface area contributed by atoms with Crippen molar-refractivity contribution in [1.29, 1.82) is 0 Å². The topological polar surface area (TPSA) is 9.23 Å². The lowest BCUT2D eigenvalue weighted by Gasteiger charge is -2.21. The summed E-state index contributed by atoms with van der Waals surface area (Å²) in [6.45, 7) is 4.99. The van der Waals surface area contributed by atoms with Crippen molar-refractivity contribution < 1.29 is 9.13 Å². The van der Waals surface area contributed by atoms with Crippen LogP contribution in [0.3, 0.4) is 0 Å². The number of ether oxygens (including phenoxy) is 1. The highest BCUT2D eigenvalue weighted by atomic mass is 19.1. The van der Waals surface area contributed by atoms with E-state index in [1.807, 2.05) is 0 Å². The van der Waals surface area contributed by atoms with Crippen LogP contribution in [0.2, 0.25) is 0 Å². The lowest BCUT2D eigenvalue weighted by atomic mass is 9.93. The maximum absolute atomic E-state index is 13.7. The zero-order valence-electron chi connectivity index (χ0n) is 9.35. The van der Waals surface area contributed by atoms with Gasteiger partial charge in [-0.05, 0) is 42.9 Å². The molecule has 0 amide bonds. The second kappa shape index (κ2) is 4.21. The van der Waals surface area contributed by atoms with E-state index in [1.165, 1.54) is 6.07 Å². The Labute approximate surface area is 90.3 Å². The first-order chi connectivity index (χ1) is 7.18. The molecular weight excluding hydrogens is 191 g/mol. The molecule has 0 spiro atoms. The maximum atomic E-state index is 13.7. The van der Waals surface area contributed by atoms with Gasteiger partial charge in [-0.2, -0.15) is 0 Å². The van der Waals surface area contributed by atoms with Gasteiger partial charge in [0.1, 0.15) is 11.6 Å². The van der Waals surface area contributed by atoms with Crippen molar-refractivity contribution in [3.63, 3.8) is 0 Å². The minimum Gasteiger partial charge on any atom is -0.493 e. The standard InChI is InChI=1S/C13H17FO/c1-9(2)8-11-10-4-3-7-15-13(10)6-5-12(11)14/h5-6,9H,3-4,7-8H2,1-2H3. The van der Waals surface area contributed by atoms with Crippen LogP contribution in [0.1, 0.15) is 31.4 Å². The van der Waals surface area contributed by atoms with Crippen LogP contribution in [-0.2, 0) is 12.8 Å². The fourth-order valence-electron chi connectivity index (χ4n) is 2.11. The first-order valence-electron chi connectivity index (χ1n) is 5.61. The van der Waals surface area contributed by atoms with E-state index in [-0.39, 0.29) is 5.82 Å². The van der Waals surface area contributed by atoms with Crippen LogP contribution in [0.15, 0.2) is 12.1 Å². The second-order valence-corrected chi connectivity index (χ2v) is 4.55. The van der Waals surface area contributed by atoms with E-state index in [0.717, 1.165) is 42.7 Å². The molecule has 15 heavy (non-hydrogen) atoms. The first kappa shape index (κ1) is 10.5. The molecule has 0 aliphatic carbocycles. The SMILES string of the molecule is CC(C)Cc1c(F)ccc2c1CCCO2. The van der Waals surface area contributed by atoms with Gasteiger partial charge >= 0.3 is 0 Å². The molecule has 0 aromatic heterocycles. The molecule has 0 saturated carbocycles. The smallest absolute Gasteiger partial charge is 0.126 e. The number of rotatable bonds is 2. The zero-order chi connectivity index (χ0) is 10.8.